The number of sulfonamides is 1. The van der Waals surface area contributed by atoms with Gasteiger partial charge in [0.2, 0.25) is 0 Å². The summed E-state index contributed by atoms with van der Waals surface area (Å²) in [5.74, 6) is 0. The molecule has 0 unspecified atom stereocenters. The Kier molecular flexibility index (Phi) is 6.31. The molecular formula is C11H18F2N2O2S2. The van der Waals surface area contributed by atoms with Crippen LogP contribution in [0.4, 0.5) is 8.78 Å². The Morgan fingerprint density at radius 2 is 2.11 bits per heavy atom. The predicted molar refractivity (Wildman–Crippen MR) is 72.1 cm³/mol. The molecule has 0 spiro atoms. The van der Waals surface area contributed by atoms with Gasteiger partial charge in [0.05, 0.1) is 6.54 Å². The molecule has 110 valence electrons. The average Bonchev–Trinajstić information content (AvgIpc) is 2.78. The van der Waals surface area contributed by atoms with Gasteiger partial charge in [0.1, 0.15) is 4.21 Å². The minimum absolute atomic E-state index is 0.101. The number of rotatable bonds is 8. The minimum Gasteiger partial charge on any atom is -0.312 e. The summed E-state index contributed by atoms with van der Waals surface area (Å²) in [7, 11) is -2.64. The Morgan fingerprint density at radius 3 is 2.68 bits per heavy atom. The summed E-state index contributed by atoms with van der Waals surface area (Å²) in [6, 6.07) is 3.17. The summed E-state index contributed by atoms with van der Waals surface area (Å²) in [6.07, 6.45) is -1.68. The third-order valence-electron chi connectivity index (χ3n) is 2.42. The average molecular weight is 312 g/mol. The number of thiophene rings is 1. The molecule has 0 amide bonds. The highest BCUT2D eigenvalue weighted by Crippen LogP contribution is 2.24. The molecule has 4 nitrogen and oxygen atoms in total. The van der Waals surface area contributed by atoms with Crippen molar-refractivity contribution in [3.05, 3.63) is 17.0 Å². The van der Waals surface area contributed by atoms with Crippen LogP contribution in [0.1, 0.15) is 18.2 Å². The van der Waals surface area contributed by atoms with Crippen molar-refractivity contribution in [2.45, 2.75) is 30.5 Å². The van der Waals surface area contributed by atoms with Crippen LogP contribution in [-0.4, -0.2) is 39.3 Å². The van der Waals surface area contributed by atoms with E-state index in [4.69, 9.17) is 0 Å². The second-order valence-corrected chi connectivity index (χ2v) is 7.51. The molecule has 0 atom stereocenters. The lowest BCUT2D eigenvalue weighted by Gasteiger charge is -2.14. The first-order valence-electron chi connectivity index (χ1n) is 5.91. The zero-order chi connectivity index (χ0) is 14.5. The number of nitrogens with one attached hydrogen (secondary N) is 1. The van der Waals surface area contributed by atoms with Crippen molar-refractivity contribution >= 4 is 21.4 Å². The molecule has 0 saturated heterocycles. The number of hydrogen-bond donors (Lipinski definition) is 1. The first-order chi connectivity index (χ1) is 8.87. The van der Waals surface area contributed by atoms with E-state index in [0.717, 1.165) is 36.2 Å². The molecule has 0 aliphatic rings. The monoisotopic (exact) mass is 312 g/mol. The molecule has 19 heavy (non-hydrogen) atoms. The largest absolute Gasteiger partial charge is 0.312 e. The van der Waals surface area contributed by atoms with E-state index in [1.807, 2.05) is 6.92 Å². The van der Waals surface area contributed by atoms with Crippen LogP contribution >= 0.6 is 11.3 Å². The van der Waals surface area contributed by atoms with Crippen LogP contribution in [0.2, 0.25) is 0 Å². The lowest BCUT2D eigenvalue weighted by molar-refractivity contribution is 0.126. The van der Waals surface area contributed by atoms with Crippen molar-refractivity contribution < 1.29 is 17.2 Å². The van der Waals surface area contributed by atoms with Gasteiger partial charge < -0.3 is 5.32 Å². The SMILES string of the molecule is CCCNCc1ccc(S(=O)(=O)N(C)CC(F)F)s1. The van der Waals surface area contributed by atoms with Crippen LogP contribution in [0, 0.1) is 0 Å². The summed E-state index contributed by atoms with van der Waals surface area (Å²) in [6.45, 7) is 2.69. The molecule has 0 aliphatic carbocycles. The van der Waals surface area contributed by atoms with Crippen LogP contribution in [0.25, 0.3) is 0 Å². The normalized spacial score (nSPS) is 12.5. The molecule has 0 bridgehead atoms. The second kappa shape index (κ2) is 7.28. The van der Waals surface area contributed by atoms with Crippen LogP contribution in [0.3, 0.4) is 0 Å². The Morgan fingerprint density at radius 1 is 1.42 bits per heavy atom. The number of hydrogen-bond acceptors (Lipinski definition) is 4. The molecule has 0 fully saturated rings. The zero-order valence-electron chi connectivity index (χ0n) is 10.9. The molecule has 1 heterocycles. The number of alkyl halides is 2. The molecule has 0 radical (unpaired) electrons. The summed E-state index contributed by atoms with van der Waals surface area (Å²) in [4.78, 5) is 0.873. The Hall–Kier alpha value is -0.570. The van der Waals surface area contributed by atoms with E-state index < -0.39 is 23.0 Å². The fourth-order valence-electron chi connectivity index (χ4n) is 1.43. The van der Waals surface area contributed by atoms with Crippen LogP contribution in [-0.2, 0) is 16.6 Å². The molecule has 8 heteroatoms. The van der Waals surface area contributed by atoms with Crippen molar-refractivity contribution in [3.8, 4) is 0 Å². The Labute approximate surface area is 116 Å². The molecule has 1 aromatic heterocycles. The molecule has 1 N–H and O–H groups in total. The van der Waals surface area contributed by atoms with E-state index in [1.165, 1.54) is 6.07 Å². The van der Waals surface area contributed by atoms with Crippen molar-refractivity contribution in [2.24, 2.45) is 0 Å². The molecular weight excluding hydrogens is 294 g/mol. The van der Waals surface area contributed by atoms with E-state index in [0.29, 0.717) is 10.8 Å². The van der Waals surface area contributed by atoms with Crippen molar-refractivity contribution in [3.63, 3.8) is 0 Å². The minimum atomic E-state index is -3.80. The van der Waals surface area contributed by atoms with E-state index in [2.05, 4.69) is 5.32 Å². The molecule has 0 aliphatic heterocycles. The summed E-state index contributed by atoms with van der Waals surface area (Å²) in [5.41, 5.74) is 0. The zero-order valence-corrected chi connectivity index (χ0v) is 12.5. The third kappa shape index (κ3) is 4.79. The van der Waals surface area contributed by atoms with Crippen LogP contribution < -0.4 is 5.32 Å². The first-order valence-corrected chi connectivity index (χ1v) is 8.17. The van der Waals surface area contributed by atoms with Gasteiger partial charge in [-0.25, -0.2) is 17.2 Å². The Balaban J connectivity index is 2.73. The highest BCUT2D eigenvalue weighted by Gasteiger charge is 2.25. The predicted octanol–water partition coefficient (Wildman–Crippen LogP) is 2.13. The van der Waals surface area contributed by atoms with Gasteiger partial charge in [-0.1, -0.05) is 6.92 Å². The van der Waals surface area contributed by atoms with Crippen molar-refractivity contribution in [1.82, 2.24) is 9.62 Å². The highest BCUT2D eigenvalue weighted by atomic mass is 32.2. The van der Waals surface area contributed by atoms with Gasteiger partial charge in [0.15, 0.2) is 0 Å². The van der Waals surface area contributed by atoms with Crippen molar-refractivity contribution in [2.75, 3.05) is 20.1 Å². The third-order valence-corrected chi connectivity index (χ3v) is 5.80. The molecule has 0 aromatic carbocycles. The fraction of sp³-hybridized carbons (Fsp3) is 0.636. The standard InChI is InChI=1S/C11H18F2N2O2S2/c1-3-6-14-7-9-4-5-11(18-9)19(16,17)15(2)8-10(12)13/h4-5,10,14H,3,6-8H2,1-2H3. The maximum absolute atomic E-state index is 12.2. The van der Waals surface area contributed by atoms with Gasteiger partial charge in [-0.3, -0.25) is 0 Å². The maximum atomic E-state index is 12.2. The smallest absolute Gasteiger partial charge is 0.252 e. The number of nitrogens with zero attached hydrogens (tertiary/aromatic N) is 1. The van der Waals surface area contributed by atoms with Crippen LogP contribution in [0.5, 0.6) is 0 Å². The van der Waals surface area contributed by atoms with Crippen molar-refractivity contribution in [1.29, 1.82) is 0 Å². The molecule has 1 aromatic rings. The second-order valence-electron chi connectivity index (χ2n) is 4.07. The molecule has 0 saturated carbocycles. The first kappa shape index (κ1) is 16.5. The summed E-state index contributed by atoms with van der Waals surface area (Å²) < 4.78 is 49.2. The lowest BCUT2D eigenvalue weighted by Crippen LogP contribution is -2.30. The van der Waals surface area contributed by atoms with Gasteiger partial charge in [-0.05, 0) is 25.1 Å². The Bertz CT molecular complexity index is 489. The number of halogens is 2. The van der Waals surface area contributed by atoms with E-state index in [9.17, 15) is 17.2 Å². The van der Waals surface area contributed by atoms with E-state index in [-0.39, 0.29) is 4.21 Å². The summed E-state index contributed by atoms with van der Waals surface area (Å²) in [5, 5.41) is 3.16. The lowest BCUT2D eigenvalue weighted by atomic mass is 10.4. The van der Waals surface area contributed by atoms with Crippen LogP contribution in [0.15, 0.2) is 16.3 Å². The van der Waals surface area contributed by atoms with Gasteiger partial charge >= 0.3 is 0 Å². The van der Waals surface area contributed by atoms with Gasteiger partial charge in [-0.15, -0.1) is 11.3 Å². The van der Waals surface area contributed by atoms with Gasteiger partial charge in [0.25, 0.3) is 16.4 Å². The van der Waals surface area contributed by atoms with E-state index >= 15 is 0 Å². The highest BCUT2D eigenvalue weighted by molar-refractivity contribution is 7.91. The van der Waals surface area contributed by atoms with Gasteiger partial charge in [-0.2, -0.15) is 4.31 Å². The fourth-order valence-corrected chi connectivity index (χ4v) is 4.11. The maximum Gasteiger partial charge on any atom is 0.252 e. The quantitative estimate of drug-likeness (QED) is 0.748. The molecule has 1 rings (SSSR count). The van der Waals surface area contributed by atoms with E-state index in [1.54, 1.807) is 6.07 Å². The summed E-state index contributed by atoms with van der Waals surface area (Å²) >= 11 is 1.11. The topological polar surface area (TPSA) is 49.4 Å². The van der Waals surface area contributed by atoms with Gasteiger partial charge in [0, 0.05) is 18.5 Å².